The number of nitriles is 1. The van der Waals surface area contributed by atoms with Gasteiger partial charge in [-0.2, -0.15) is 9.57 Å². The highest BCUT2D eigenvalue weighted by molar-refractivity contribution is 7.89. The largest absolute Gasteiger partial charge is 0.243 e. The fourth-order valence-corrected chi connectivity index (χ4v) is 3.93. The predicted octanol–water partition coefficient (Wildman–Crippen LogP) is 2.51. The molecule has 4 nitrogen and oxygen atoms in total. The molecule has 0 amide bonds. The zero-order valence-electron chi connectivity index (χ0n) is 11.5. The van der Waals surface area contributed by atoms with E-state index in [1.54, 1.807) is 6.07 Å². The van der Waals surface area contributed by atoms with Crippen molar-refractivity contribution >= 4 is 10.0 Å². The molecule has 0 heterocycles. The SMILES string of the molecule is CC(C)CN(C1CC1)S(=O)(=O)c1ccc(F)c(C#N)c1. The van der Waals surface area contributed by atoms with Crippen LogP contribution >= 0.6 is 0 Å². The number of hydrogen-bond donors (Lipinski definition) is 0. The van der Waals surface area contributed by atoms with Crippen LogP contribution in [0.1, 0.15) is 32.3 Å². The second kappa shape index (κ2) is 5.51. The average molecular weight is 296 g/mol. The minimum Gasteiger partial charge on any atom is -0.207 e. The van der Waals surface area contributed by atoms with E-state index in [4.69, 9.17) is 5.26 Å². The second-order valence-electron chi connectivity index (χ2n) is 5.45. The summed E-state index contributed by atoms with van der Waals surface area (Å²) >= 11 is 0. The number of hydrogen-bond acceptors (Lipinski definition) is 3. The molecular weight excluding hydrogens is 279 g/mol. The van der Waals surface area contributed by atoms with Crippen LogP contribution in [0.2, 0.25) is 0 Å². The summed E-state index contributed by atoms with van der Waals surface area (Å²) in [6, 6.07) is 5.08. The summed E-state index contributed by atoms with van der Waals surface area (Å²) in [4.78, 5) is -0.0111. The Morgan fingerprint density at radius 2 is 2.10 bits per heavy atom. The molecule has 1 aromatic carbocycles. The highest BCUT2D eigenvalue weighted by Crippen LogP contribution is 2.33. The summed E-state index contributed by atoms with van der Waals surface area (Å²) in [6.45, 7) is 4.35. The van der Waals surface area contributed by atoms with Crippen molar-refractivity contribution in [2.75, 3.05) is 6.54 Å². The quantitative estimate of drug-likeness (QED) is 0.838. The summed E-state index contributed by atoms with van der Waals surface area (Å²) in [6.07, 6.45) is 1.72. The molecule has 0 saturated heterocycles. The lowest BCUT2D eigenvalue weighted by Crippen LogP contribution is -2.36. The first-order chi connectivity index (χ1) is 9.36. The third kappa shape index (κ3) is 3.00. The molecule has 0 unspecified atom stereocenters. The zero-order valence-corrected chi connectivity index (χ0v) is 12.3. The number of halogens is 1. The normalized spacial score (nSPS) is 15.6. The number of rotatable bonds is 5. The molecule has 0 spiro atoms. The second-order valence-corrected chi connectivity index (χ2v) is 7.34. The fourth-order valence-electron chi connectivity index (χ4n) is 2.05. The van der Waals surface area contributed by atoms with E-state index in [1.165, 1.54) is 10.4 Å². The lowest BCUT2D eigenvalue weighted by atomic mass is 10.2. The summed E-state index contributed by atoms with van der Waals surface area (Å²) in [7, 11) is -3.67. The van der Waals surface area contributed by atoms with Gasteiger partial charge in [0.25, 0.3) is 0 Å². The van der Waals surface area contributed by atoms with Crippen LogP contribution in [0.3, 0.4) is 0 Å². The number of nitrogens with zero attached hydrogens (tertiary/aromatic N) is 2. The monoisotopic (exact) mass is 296 g/mol. The third-order valence-electron chi connectivity index (χ3n) is 3.16. The van der Waals surface area contributed by atoms with Crippen LogP contribution in [0.5, 0.6) is 0 Å². The summed E-state index contributed by atoms with van der Waals surface area (Å²) in [5, 5.41) is 8.82. The van der Waals surface area contributed by atoms with Crippen LogP contribution < -0.4 is 0 Å². The fraction of sp³-hybridized carbons (Fsp3) is 0.500. The first-order valence-electron chi connectivity index (χ1n) is 6.57. The number of benzene rings is 1. The van der Waals surface area contributed by atoms with E-state index in [2.05, 4.69) is 0 Å². The van der Waals surface area contributed by atoms with E-state index in [0.717, 1.165) is 25.0 Å². The van der Waals surface area contributed by atoms with Gasteiger partial charge in [-0.15, -0.1) is 0 Å². The summed E-state index contributed by atoms with van der Waals surface area (Å²) in [5.74, 6) is -0.491. The molecule has 0 bridgehead atoms. The van der Waals surface area contributed by atoms with Gasteiger partial charge < -0.3 is 0 Å². The molecule has 108 valence electrons. The van der Waals surface area contributed by atoms with Crippen molar-refractivity contribution in [3.63, 3.8) is 0 Å². The summed E-state index contributed by atoms with van der Waals surface area (Å²) in [5.41, 5.74) is -0.244. The maximum absolute atomic E-state index is 13.3. The van der Waals surface area contributed by atoms with Crippen molar-refractivity contribution in [2.24, 2.45) is 5.92 Å². The Labute approximate surface area is 118 Å². The molecule has 1 aromatic rings. The van der Waals surface area contributed by atoms with Gasteiger partial charge in [-0.1, -0.05) is 13.8 Å². The highest BCUT2D eigenvalue weighted by Gasteiger charge is 2.38. The molecule has 1 saturated carbocycles. The zero-order chi connectivity index (χ0) is 14.9. The maximum Gasteiger partial charge on any atom is 0.243 e. The van der Waals surface area contributed by atoms with Crippen LogP contribution in [0.15, 0.2) is 23.1 Å². The molecule has 1 fully saturated rings. The molecule has 1 aliphatic rings. The van der Waals surface area contributed by atoms with Gasteiger partial charge in [-0.3, -0.25) is 0 Å². The Bertz CT molecular complexity index is 646. The Morgan fingerprint density at radius 3 is 2.60 bits per heavy atom. The molecule has 1 aliphatic carbocycles. The Morgan fingerprint density at radius 1 is 1.45 bits per heavy atom. The van der Waals surface area contributed by atoms with Crippen LogP contribution in [0.25, 0.3) is 0 Å². The number of sulfonamides is 1. The van der Waals surface area contributed by atoms with Crippen molar-refractivity contribution in [3.05, 3.63) is 29.6 Å². The van der Waals surface area contributed by atoms with Gasteiger partial charge in [0.15, 0.2) is 0 Å². The van der Waals surface area contributed by atoms with E-state index < -0.39 is 15.8 Å². The minimum absolute atomic E-state index is 0.0111. The lowest BCUT2D eigenvalue weighted by Gasteiger charge is -2.23. The van der Waals surface area contributed by atoms with Crippen LogP contribution in [-0.4, -0.2) is 25.3 Å². The van der Waals surface area contributed by atoms with E-state index >= 15 is 0 Å². The molecule has 2 rings (SSSR count). The van der Waals surface area contributed by atoms with Crippen molar-refractivity contribution in [3.8, 4) is 6.07 Å². The van der Waals surface area contributed by atoms with Crippen molar-refractivity contribution in [1.29, 1.82) is 5.26 Å². The standard InChI is InChI=1S/C14H17FN2O2S/c1-10(2)9-17(12-3-4-12)20(18,19)13-5-6-14(15)11(7-13)8-16/h5-7,10,12H,3-4,9H2,1-2H3. The molecule has 0 aliphatic heterocycles. The van der Waals surface area contributed by atoms with E-state index in [0.29, 0.717) is 6.54 Å². The molecule has 0 N–H and O–H groups in total. The van der Waals surface area contributed by atoms with Crippen LogP contribution in [-0.2, 0) is 10.0 Å². The Kier molecular flexibility index (Phi) is 4.11. The average Bonchev–Trinajstić information content (AvgIpc) is 3.20. The maximum atomic E-state index is 13.3. The van der Waals surface area contributed by atoms with Gasteiger partial charge in [-0.25, -0.2) is 12.8 Å². The van der Waals surface area contributed by atoms with Crippen LogP contribution in [0, 0.1) is 23.1 Å². The van der Waals surface area contributed by atoms with E-state index in [9.17, 15) is 12.8 Å². The third-order valence-corrected chi connectivity index (χ3v) is 5.08. The van der Waals surface area contributed by atoms with E-state index in [-0.39, 0.29) is 22.4 Å². The minimum atomic E-state index is -3.67. The topological polar surface area (TPSA) is 61.2 Å². The highest BCUT2D eigenvalue weighted by atomic mass is 32.2. The van der Waals surface area contributed by atoms with Crippen LogP contribution in [0.4, 0.5) is 4.39 Å². The van der Waals surface area contributed by atoms with Gasteiger partial charge in [0.2, 0.25) is 10.0 Å². The first kappa shape index (κ1) is 14.9. The van der Waals surface area contributed by atoms with Crippen molar-refractivity contribution in [2.45, 2.75) is 37.6 Å². The van der Waals surface area contributed by atoms with Gasteiger partial charge >= 0.3 is 0 Å². The molecule has 0 atom stereocenters. The summed E-state index contributed by atoms with van der Waals surface area (Å²) < 4.78 is 40.0. The molecule has 0 aromatic heterocycles. The van der Waals surface area contributed by atoms with Gasteiger partial charge in [0.1, 0.15) is 11.9 Å². The lowest BCUT2D eigenvalue weighted by molar-refractivity contribution is 0.360. The van der Waals surface area contributed by atoms with Crippen molar-refractivity contribution in [1.82, 2.24) is 4.31 Å². The Balaban J connectivity index is 2.40. The molecule has 0 radical (unpaired) electrons. The molecular formula is C14H17FN2O2S. The smallest absolute Gasteiger partial charge is 0.207 e. The van der Waals surface area contributed by atoms with E-state index in [1.807, 2.05) is 13.8 Å². The van der Waals surface area contributed by atoms with Gasteiger partial charge in [0, 0.05) is 12.6 Å². The van der Waals surface area contributed by atoms with Gasteiger partial charge in [0.05, 0.1) is 10.5 Å². The first-order valence-corrected chi connectivity index (χ1v) is 8.01. The molecule has 6 heteroatoms. The van der Waals surface area contributed by atoms with Gasteiger partial charge in [-0.05, 0) is 37.0 Å². The Hall–Kier alpha value is -1.45. The molecule has 20 heavy (non-hydrogen) atoms. The van der Waals surface area contributed by atoms with Crippen molar-refractivity contribution < 1.29 is 12.8 Å². The predicted molar refractivity (Wildman–Crippen MR) is 72.9 cm³/mol.